The van der Waals surface area contributed by atoms with Gasteiger partial charge in [-0.3, -0.25) is 0 Å². The van der Waals surface area contributed by atoms with Crippen molar-refractivity contribution in [2.24, 2.45) is 0 Å². The van der Waals surface area contributed by atoms with Crippen LogP contribution in [0.3, 0.4) is 0 Å². The molecule has 0 N–H and O–H groups in total. The standard InChI is InChI=1S/C56H36N2S/c1-2-15-37(16-3-1)38-29-31-40(32-30-38)57(41-18-14-19-42(36-41)58-50-26-11-8-23-46(50)47-24-9-12-27-51(47)58)52-33-34-54-56(48-25-10-13-28-53(48)59-54)55(52)49-35-39-17-4-5-20-43(39)44-21-6-7-22-45(44)49/h1-36H. The predicted molar refractivity (Wildman–Crippen MR) is 254 cm³/mol. The van der Waals surface area contributed by atoms with Crippen LogP contribution in [0.1, 0.15) is 0 Å². The Hall–Kier alpha value is -7.46. The normalized spacial score (nSPS) is 11.7. The minimum absolute atomic E-state index is 1.09. The second-order valence-corrected chi connectivity index (χ2v) is 16.3. The van der Waals surface area contributed by atoms with Gasteiger partial charge in [-0.15, -0.1) is 11.3 Å². The third kappa shape index (κ3) is 5.40. The quantitative estimate of drug-likeness (QED) is 0.153. The average Bonchev–Trinajstić information content (AvgIpc) is 3.86. The monoisotopic (exact) mass is 768 g/mol. The lowest BCUT2D eigenvalue weighted by atomic mass is 9.89. The van der Waals surface area contributed by atoms with Gasteiger partial charge in [0.25, 0.3) is 0 Å². The first-order chi connectivity index (χ1) is 29.3. The van der Waals surface area contributed by atoms with Crippen molar-refractivity contribution < 1.29 is 0 Å². The van der Waals surface area contributed by atoms with Gasteiger partial charge in [-0.1, -0.05) is 152 Å². The Kier molecular flexibility index (Phi) is 7.75. The summed E-state index contributed by atoms with van der Waals surface area (Å²) < 4.78 is 4.98. The molecule has 0 amide bonds. The highest BCUT2D eigenvalue weighted by Crippen LogP contribution is 2.51. The zero-order chi connectivity index (χ0) is 38.9. The van der Waals surface area contributed by atoms with E-state index in [9.17, 15) is 0 Å². The zero-order valence-corrected chi connectivity index (χ0v) is 32.9. The molecule has 0 fully saturated rings. The lowest BCUT2D eigenvalue weighted by Gasteiger charge is -2.29. The molecule has 59 heavy (non-hydrogen) atoms. The number of para-hydroxylation sites is 2. The Labute approximate surface area is 346 Å². The summed E-state index contributed by atoms with van der Waals surface area (Å²) in [5.74, 6) is 0. The minimum atomic E-state index is 1.09. The van der Waals surface area contributed by atoms with Gasteiger partial charge < -0.3 is 9.47 Å². The Morgan fingerprint density at radius 1 is 0.373 bits per heavy atom. The molecule has 2 nitrogen and oxygen atoms in total. The Morgan fingerprint density at radius 2 is 0.983 bits per heavy atom. The summed E-state index contributed by atoms with van der Waals surface area (Å²) >= 11 is 1.87. The van der Waals surface area contributed by atoms with E-state index in [0.717, 1.165) is 22.7 Å². The summed E-state index contributed by atoms with van der Waals surface area (Å²) in [5, 5.41) is 10.1. The molecule has 0 bridgehead atoms. The van der Waals surface area contributed by atoms with Crippen molar-refractivity contribution in [2.45, 2.75) is 0 Å². The van der Waals surface area contributed by atoms with Crippen LogP contribution in [0, 0.1) is 0 Å². The van der Waals surface area contributed by atoms with Crippen LogP contribution in [0.4, 0.5) is 17.1 Å². The van der Waals surface area contributed by atoms with Gasteiger partial charge in [0.15, 0.2) is 0 Å². The fourth-order valence-electron chi connectivity index (χ4n) is 9.36. The molecule has 3 heteroatoms. The number of aromatic nitrogens is 1. The topological polar surface area (TPSA) is 8.17 Å². The van der Waals surface area contributed by atoms with Crippen molar-refractivity contribution in [3.05, 3.63) is 218 Å². The molecule has 276 valence electrons. The van der Waals surface area contributed by atoms with Crippen LogP contribution in [-0.2, 0) is 0 Å². The fourth-order valence-corrected chi connectivity index (χ4v) is 10.5. The molecule has 0 atom stereocenters. The van der Waals surface area contributed by atoms with E-state index in [1.54, 1.807) is 0 Å². The molecular weight excluding hydrogens is 733 g/mol. The number of nitrogens with zero attached hydrogens (tertiary/aromatic N) is 2. The van der Waals surface area contributed by atoms with Gasteiger partial charge in [0.1, 0.15) is 0 Å². The van der Waals surface area contributed by atoms with Crippen molar-refractivity contribution in [1.82, 2.24) is 4.57 Å². The maximum Gasteiger partial charge on any atom is 0.0547 e. The van der Waals surface area contributed by atoms with Gasteiger partial charge in [0, 0.05) is 53.6 Å². The lowest BCUT2D eigenvalue weighted by molar-refractivity contribution is 1.17. The van der Waals surface area contributed by atoms with E-state index in [-0.39, 0.29) is 0 Å². The third-order valence-electron chi connectivity index (χ3n) is 12.0. The molecule has 0 radical (unpaired) electrons. The van der Waals surface area contributed by atoms with E-state index in [1.165, 1.54) is 85.8 Å². The first-order valence-electron chi connectivity index (χ1n) is 20.2. The van der Waals surface area contributed by atoms with Crippen molar-refractivity contribution in [1.29, 1.82) is 0 Å². The van der Waals surface area contributed by atoms with Crippen LogP contribution in [-0.4, -0.2) is 4.57 Å². The smallest absolute Gasteiger partial charge is 0.0547 e. The van der Waals surface area contributed by atoms with Crippen molar-refractivity contribution in [2.75, 3.05) is 4.90 Å². The zero-order valence-electron chi connectivity index (χ0n) is 32.1. The first kappa shape index (κ1) is 33.7. The number of anilines is 3. The molecule has 0 saturated heterocycles. The Morgan fingerprint density at radius 3 is 1.75 bits per heavy atom. The molecule has 0 aliphatic heterocycles. The number of benzene rings is 10. The fraction of sp³-hybridized carbons (Fsp3) is 0. The van der Waals surface area contributed by atoms with Crippen LogP contribution < -0.4 is 4.90 Å². The van der Waals surface area contributed by atoms with Gasteiger partial charge in [0.2, 0.25) is 0 Å². The molecule has 0 aliphatic carbocycles. The van der Waals surface area contributed by atoms with E-state index in [0.29, 0.717) is 0 Å². The average molecular weight is 769 g/mol. The molecule has 0 saturated carbocycles. The largest absolute Gasteiger partial charge is 0.310 e. The molecule has 10 aromatic carbocycles. The Bertz CT molecular complexity index is 3500. The lowest BCUT2D eigenvalue weighted by Crippen LogP contribution is -2.12. The molecule has 12 rings (SSSR count). The van der Waals surface area contributed by atoms with Gasteiger partial charge in [0.05, 0.1) is 16.7 Å². The van der Waals surface area contributed by atoms with Crippen LogP contribution in [0.2, 0.25) is 0 Å². The van der Waals surface area contributed by atoms with Gasteiger partial charge >= 0.3 is 0 Å². The van der Waals surface area contributed by atoms with E-state index in [4.69, 9.17) is 0 Å². The number of fused-ring (bicyclic) bond motifs is 9. The van der Waals surface area contributed by atoms with Crippen LogP contribution in [0.15, 0.2) is 218 Å². The van der Waals surface area contributed by atoms with E-state index in [1.807, 2.05) is 11.3 Å². The summed E-state index contributed by atoms with van der Waals surface area (Å²) in [5.41, 5.74) is 11.7. The second kappa shape index (κ2) is 13.6. The summed E-state index contributed by atoms with van der Waals surface area (Å²) in [6.07, 6.45) is 0. The minimum Gasteiger partial charge on any atom is -0.310 e. The maximum atomic E-state index is 2.48. The summed E-state index contributed by atoms with van der Waals surface area (Å²) in [7, 11) is 0. The second-order valence-electron chi connectivity index (χ2n) is 15.3. The van der Waals surface area contributed by atoms with Gasteiger partial charge in [-0.2, -0.15) is 0 Å². The molecule has 2 aromatic heterocycles. The number of hydrogen-bond donors (Lipinski definition) is 0. The third-order valence-corrected chi connectivity index (χ3v) is 13.1. The Balaban J connectivity index is 1.18. The summed E-state index contributed by atoms with van der Waals surface area (Å²) in [4.78, 5) is 2.48. The predicted octanol–water partition coefficient (Wildman–Crippen LogP) is 16.3. The number of thiophene rings is 1. The highest BCUT2D eigenvalue weighted by atomic mass is 32.1. The van der Waals surface area contributed by atoms with E-state index in [2.05, 4.69) is 228 Å². The summed E-state index contributed by atoms with van der Waals surface area (Å²) in [6.45, 7) is 0. The van der Waals surface area contributed by atoms with E-state index >= 15 is 0 Å². The molecule has 12 aromatic rings. The number of hydrogen-bond acceptors (Lipinski definition) is 2. The molecule has 0 spiro atoms. The SMILES string of the molecule is c1ccc(-c2ccc(N(c3cccc(-n4c5ccccc5c5ccccc54)c3)c3ccc4sc5ccccc5c4c3-c3cc4ccccc4c4ccccc34)cc2)cc1. The highest BCUT2D eigenvalue weighted by Gasteiger charge is 2.24. The van der Waals surface area contributed by atoms with Gasteiger partial charge in [-0.05, 0) is 105 Å². The summed E-state index contributed by atoms with van der Waals surface area (Å²) in [6, 6.07) is 80.1. The van der Waals surface area contributed by atoms with Crippen LogP contribution in [0.5, 0.6) is 0 Å². The van der Waals surface area contributed by atoms with Crippen molar-refractivity contribution >= 4 is 91.9 Å². The van der Waals surface area contributed by atoms with Gasteiger partial charge in [-0.25, -0.2) is 0 Å². The van der Waals surface area contributed by atoms with E-state index < -0.39 is 0 Å². The van der Waals surface area contributed by atoms with Crippen molar-refractivity contribution in [3.8, 4) is 27.9 Å². The first-order valence-corrected chi connectivity index (χ1v) is 21.0. The molecule has 0 unspecified atom stereocenters. The number of rotatable bonds is 6. The highest BCUT2D eigenvalue weighted by molar-refractivity contribution is 7.26. The maximum absolute atomic E-state index is 2.48. The van der Waals surface area contributed by atoms with Crippen LogP contribution >= 0.6 is 11.3 Å². The van der Waals surface area contributed by atoms with Crippen LogP contribution in [0.25, 0.3) is 91.5 Å². The molecule has 2 heterocycles. The van der Waals surface area contributed by atoms with Crippen molar-refractivity contribution in [3.63, 3.8) is 0 Å². The molecular formula is C56H36N2S. The molecule has 0 aliphatic rings.